The van der Waals surface area contributed by atoms with E-state index in [1.807, 2.05) is 32.0 Å². The van der Waals surface area contributed by atoms with E-state index in [1.54, 1.807) is 18.7 Å². The lowest BCUT2D eigenvalue weighted by Crippen LogP contribution is -2.48. The van der Waals surface area contributed by atoms with Crippen molar-refractivity contribution < 1.29 is 14.3 Å². The van der Waals surface area contributed by atoms with E-state index in [1.165, 1.54) is 5.56 Å². The van der Waals surface area contributed by atoms with Gasteiger partial charge in [0.1, 0.15) is 5.58 Å². The van der Waals surface area contributed by atoms with Gasteiger partial charge in [0.15, 0.2) is 5.76 Å². The highest BCUT2D eigenvalue weighted by Crippen LogP contribution is 2.30. The molecule has 1 aliphatic heterocycles. The quantitative estimate of drug-likeness (QED) is 0.924. The van der Waals surface area contributed by atoms with Gasteiger partial charge in [-0.1, -0.05) is 0 Å². The zero-order valence-electron chi connectivity index (χ0n) is 13.6. The molecular formula is C18H23NO3. The average molecular weight is 301 g/mol. The molecule has 1 aliphatic rings. The van der Waals surface area contributed by atoms with E-state index >= 15 is 0 Å². The molecule has 4 nitrogen and oxygen atoms in total. The molecule has 1 amide bonds. The summed E-state index contributed by atoms with van der Waals surface area (Å²) < 4.78 is 5.77. The van der Waals surface area contributed by atoms with Crippen LogP contribution in [0.25, 0.3) is 11.0 Å². The van der Waals surface area contributed by atoms with Crippen LogP contribution in [0, 0.1) is 13.8 Å². The Morgan fingerprint density at radius 1 is 1.27 bits per heavy atom. The monoisotopic (exact) mass is 301 g/mol. The number of furan rings is 1. The van der Waals surface area contributed by atoms with E-state index in [9.17, 15) is 9.90 Å². The Balaban J connectivity index is 1.95. The first-order chi connectivity index (χ1) is 10.3. The van der Waals surface area contributed by atoms with Crippen molar-refractivity contribution in [3.63, 3.8) is 0 Å². The van der Waals surface area contributed by atoms with Crippen LogP contribution in [0.3, 0.4) is 0 Å². The number of carbonyl (C=O) groups is 1. The maximum absolute atomic E-state index is 12.8. The largest absolute Gasteiger partial charge is 0.451 e. The fourth-order valence-electron chi connectivity index (χ4n) is 3.29. The Labute approximate surface area is 130 Å². The van der Waals surface area contributed by atoms with E-state index in [2.05, 4.69) is 0 Å². The van der Waals surface area contributed by atoms with E-state index in [0.717, 1.165) is 29.4 Å². The van der Waals surface area contributed by atoms with Gasteiger partial charge < -0.3 is 14.4 Å². The minimum Gasteiger partial charge on any atom is -0.451 e. The molecule has 1 atom stereocenters. The minimum atomic E-state index is -0.897. The predicted molar refractivity (Wildman–Crippen MR) is 86.0 cm³/mol. The number of benzene rings is 1. The lowest BCUT2D eigenvalue weighted by molar-refractivity contribution is -0.000680. The Morgan fingerprint density at radius 3 is 2.64 bits per heavy atom. The SMILES string of the molecule is Cc1cc2cc(C(=O)N3CCCC3C(C)(C)O)oc2cc1C. The lowest BCUT2D eigenvalue weighted by Gasteiger charge is -2.33. The molecule has 1 aromatic heterocycles. The molecule has 3 rings (SSSR count). The van der Waals surface area contributed by atoms with Gasteiger partial charge in [-0.05, 0) is 69.9 Å². The molecule has 1 unspecified atom stereocenters. The van der Waals surface area contributed by atoms with Gasteiger partial charge in [0.2, 0.25) is 0 Å². The second-order valence-electron chi connectivity index (χ2n) is 6.90. The number of fused-ring (bicyclic) bond motifs is 1. The van der Waals surface area contributed by atoms with Crippen LogP contribution in [0.5, 0.6) is 0 Å². The Morgan fingerprint density at radius 2 is 1.95 bits per heavy atom. The molecular weight excluding hydrogens is 278 g/mol. The number of nitrogens with zero attached hydrogens (tertiary/aromatic N) is 1. The normalized spacial score (nSPS) is 19.1. The van der Waals surface area contributed by atoms with Gasteiger partial charge >= 0.3 is 0 Å². The maximum atomic E-state index is 12.8. The number of carbonyl (C=O) groups excluding carboxylic acids is 1. The third-order valence-electron chi connectivity index (χ3n) is 4.67. The number of hydrogen-bond acceptors (Lipinski definition) is 3. The molecule has 1 N–H and O–H groups in total. The third kappa shape index (κ3) is 2.52. The molecule has 118 valence electrons. The molecule has 1 fully saturated rings. The van der Waals surface area contributed by atoms with Gasteiger partial charge in [0.05, 0.1) is 11.6 Å². The van der Waals surface area contributed by atoms with Gasteiger partial charge in [-0.2, -0.15) is 0 Å². The third-order valence-corrected chi connectivity index (χ3v) is 4.67. The summed E-state index contributed by atoms with van der Waals surface area (Å²) in [6, 6.07) is 5.67. The minimum absolute atomic E-state index is 0.129. The number of likely N-dealkylation sites (tertiary alicyclic amines) is 1. The number of aliphatic hydroxyl groups is 1. The van der Waals surface area contributed by atoms with Crippen LogP contribution in [-0.4, -0.2) is 34.1 Å². The molecule has 1 saturated heterocycles. The molecule has 4 heteroatoms. The van der Waals surface area contributed by atoms with Gasteiger partial charge in [-0.3, -0.25) is 4.79 Å². The van der Waals surface area contributed by atoms with Crippen LogP contribution >= 0.6 is 0 Å². The first-order valence-corrected chi connectivity index (χ1v) is 7.81. The smallest absolute Gasteiger partial charge is 0.289 e. The second-order valence-corrected chi connectivity index (χ2v) is 6.90. The van der Waals surface area contributed by atoms with Crippen molar-refractivity contribution in [3.8, 4) is 0 Å². The highest BCUT2D eigenvalue weighted by molar-refractivity contribution is 5.96. The maximum Gasteiger partial charge on any atom is 0.289 e. The molecule has 22 heavy (non-hydrogen) atoms. The van der Waals surface area contributed by atoms with Gasteiger partial charge in [-0.25, -0.2) is 0 Å². The standard InChI is InChI=1S/C18H23NO3/c1-11-8-13-10-15(22-14(13)9-12(11)2)17(20)19-7-5-6-16(19)18(3,4)21/h8-10,16,21H,5-7H2,1-4H3. The van der Waals surface area contributed by atoms with Crippen LogP contribution in [0.4, 0.5) is 0 Å². The second kappa shape index (κ2) is 5.13. The Kier molecular flexibility index (Phi) is 3.52. The van der Waals surface area contributed by atoms with Crippen LogP contribution in [0.1, 0.15) is 48.4 Å². The van der Waals surface area contributed by atoms with Crippen molar-refractivity contribution in [1.29, 1.82) is 0 Å². The van der Waals surface area contributed by atoms with Gasteiger partial charge in [0, 0.05) is 11.9 Å². The fraction of sp³-hybridized carbons (Fsp3) is 0.500. The van der Waals surface area contributed by atoms with Gasteiger partial charge in [0.25, 0.3) is 5.91 Å². The summed E-state index contributed by atoms with van der Waals surface area (Å²) in [5, 5.41) is 11.2. The Bertz CT molecular complexity index is 685. The highest BCUT2D eigenvalue weighted by atomic mass is 16.3. The van der Waals surface area contributed by atoms with E-state index in [4.69, 9.17) is 4.42 Å². The topological polar surface area (TPSA) is 53.7 Å². The van der Waals surface area contributed by atoms with E-state index in [0.29, 0.717) is 12.3 Å². The molecule has 0 radical (unpaired) electrons. The first kappa shape index (κ1) is 15.1. The van der Waals surface area contributed by atoms with Crippen molar-refractivity contribution in [2.24, 2.45) is 0 Å². The number of rotatable bonds is 2. The summed E-state index contributed by atoms with van der Waals surface area (Å²) in [6.07, 6.45) is 1.74. The summed E-state index contributed by atoms with van der Waals surface area (Å²) in [5.74, 6) is 0.229. The van der Waals surface area contributed by atoms with Crippen LogP contribution in [0.2, 0.25) is 0 Å². The number of aryl methyl sites for hydroxylation is 2. The summed E-state index contributed by atoms with van der Waals surface area (Å²) in [4.78, 5) is 14.5. The zero-order chi connectivity index (χ0) is 16.1. The van der Waals surface area contributed by atoms with Crippen molar-refractivity contribution in [3.05, 3.63) is 35.1 Å². The number of hydrogen-bond donors (Lipinski definition) is 1. The van der Waals surface area contributed by atoms with Crippen molar-refractivity contribution in [2.45, 2.75) is 52.2 Å². The fourth-order valence-corrected chi connectivity index (χ4v) is 3.29. The van der Waals surface area contributed by atoms with Crippen molar-refractivity contribution in [1.82, 2.24) is 4.90 Å². The average Bonchev–Trinajstić information content (AvgIpc) is 3.04. The molecule has 1 aromatic carbocycles. The van der Waals surface area contributed by atoms with Crippen molar-refractivity contribution >= 4 is 16.9 Å². The number of amides is 1. The summed E-state index contributed by atoms with van der Waals surface area (Å²) in [6.45, 7) is 8.27. The first-order valence-electron chi connectivity index (χ1n) is 7.81. The molecule has 0 saturated carbocycles. The highest BCUT2D eigenvalue weighted by Gasteiger charge is 2.39. The molecule has 2 heterocycles. The predicted octanol–water partition coefficient (Wildman–Crippen LogP) is 3.43. The van der Waals surface area contributed by atoms with Crippen molar-refractivity contribution in [2.75, 3.05) is 6.54 Å². The molecule has 0 spiro atoms. The van der Waals surface area contributed by atoms with E-state index in [-0.39, 0.29) is 11.9 Å². The van der Waals surface area contributed by atoms with Crippen LogP contribution in [0.15, 0.2) is 22.6 Å². The zero-order valence-corrected chi connectivity index (χ0v) is 13.6. The molecule has 2 aromatic rings. The summed E-state index contributed by atoms with van der Waals surface area (Å²) in [5.41, 5.74) is 2.18. The van der Waals surface area contributed by atoms with E-state index < -0.39 is 5.60 Å². The lowest BCUT2D eigenvalue weighted by atomic mass is 9.96. The molecule has 0 aliphatic carbocycles. The molecule has 0 bridgehead atoms. The van der Waals surface area contributed by atoms with Crippen LogP contribution < -0.4 is 0 Å². The Hall–Kier alpha value is -1.81. The van der Waals surface area contributed by atoms with Crippen LogP contribution in [-0.2, 0) is 0 Å². The van der Waals surface area contributed by atoms with Gasteiger partial charge in [-0.15, -0.1) is 0 Å². The summed E-state index contributed by atoms with van der Waals surface area (Å²) in [7, 11) is 0. The summed E-state index contributed by atoms with van der Waals surface area (Å²) >= 11 is 0.